The molecule has 1 aliphatic carbocycles. The molecule has 0 bridgehead atoms. The summed E-state index contributed by atoms with van der Waals surface area (Å²) in [4.78, 5) is 2.33. The Labute approximate surface area is 97.2 Å². The van der Waals surface area contributed by atoms with E-state index < -0.39 is 0 Å². The van der Waals surface area contributed by atoms with Crippen LogP contribution in [0.1, 0.15) is 19.3 Å². The first kappa shape index (κ1) is 10.5. The Bertz CT molecular complexity index is 313. The molecule has 14 heavy (non-hydrogen) atoms. The molecule has 4 heteroatoms. The summed E-state index contributed by atoms with van der Waals surface area (Å²) < 4.78 is 1.19. The molecule has 0 radical (unpaired) electrons. The molecule has 1 aromatic rings. The highest BCUT2D eigenvalue weighted by Crippen LogP contribution is 2.33. The maximum atomic E-state index is 6.08. The molecule has 2 atom stereocenters. The highest BCUT2D eigenvalue weighted by atomic mass is 79.9. The lowest BCUT2D eigenvalue weighted by molar-refractivity contribution is 0.575. The lowest BCUT2D eigenvalue weighted by Crippen LogP contribution is -2.41. The van der Waals surface area contributed by atoms with Crippen molar-refractivity contribution in [3.05, 3.63) is 15.9 Å². The minimum absolute atomic E-state index is 0.348. The molecule has 1 aromatic heterocycles. The maximum Gasteiger partial charge on any atom is 0.0920 e. The minimum Gasteiger partial charge on any atom is -0.362 e. The lowest BCUT2D eigenvalue weighted by Gasteiger charge is -2.28. The molecule has 2 rings (SSSR count). The molecule has 1 aliphatic rings. The summed E-state index contributed by atoms with van der Waals surface area (Å²) in [5.74, 6) is 0. The molecule has 2 unspecified atom stereocenters. The molecule has 2 N–H and O–H groups in total. The van der Waals surface area contributed by atoms with Crippen LogP contribution >= 0.6 is 27.3 Å². The molecule has 0 aliphatic heterocycles. The van der Waals surface area contributed by atoms with Gasteiger partial charge in [-0.05, 0) is 47.3 Å². The zero-order chi connectivity index (χ0) is 10.1. The number of hydrogen-bond donors (Lipinski definition) is 1. The molecular formula is C10H15BrN2S. The van der Waals surface area contributed by atoms with Gasteiger partial charge >= 0.3 is 0 Å². The number of likely N-dealkylation sites (N-methyl/N-ethyl adjacent to an activating group) is 1. The second kappa shape index (κ2) is 4.21. The summed E-state index contributed by atoms with van der Waals surface area (Å²) in [5, 5.41) is 1.30. The number of thiophene rings is 1. The van der Waals surface area contributed by atoms with Gasteiger partial charge in [0.05, 0.1) is 8.79 Å². The van der Waals surface area contributed by atoms with Crippen molar-refractivity contribution in [1.82, 2.24) is 0 Å². The van der Waals surface area contributed by atoms with Gasteiger partial charge in [-0.3, -0.25) is 0 Å². The van der Waals surface area contributed by atoms with Crippen molar-refractivity contribution in [3.63, 3.8) is 0 Å². The van der Waals surface area contributed by atoms with Crippen LogP contribution in [0.2, 0.25) is 0 Å². The molecule has 2 nitrogen and oxygen atoms in total. The Balaban J connectivity index is 2.11. The SMILES string of the molecule is CN(c1ccc(Br)s1)C1CCCC1N. The van der Waals surface area contributed by atoms with Crippen molar-refractivity contribution < 1.29 is 0 Å². The van der Waals surface area contributed by atoms with Gasteiger partial charge in [0, 0.05) is 19.1 Å². The molecular weight excluding hydrogens is 260 g/mol. The monoisotopic (exact) mass is 274 g/mol. The van der Waals surface area contributed by atoms with Crippen LogP contribution in [0.25, 0.3) is 0 Å². The van der Waals surface area contributed by atoms with Crippen molar-refractivity contribution in [1.29, 1.82) is 0 Å². The Kier molecular flexibility index (Phi) is 3.14. The predicted octanol–water partition coefficient (Wildman–Crippen LogP) is 2.83. The van der Waals surface area contributed by atoms with Crippen molar-refractivity contribution >= 4 is 32.3 Å². The summed E-state index contributed by atoms with van der Waals surface area (Å²) in [6, 6.07) is 5.12. The fourth-order valence-corrected chi connectivity index (χ4v) is 3.49. The maximum absolute atomic E-state index is 6.08. The van der Waals surface area contributed by atoms with Crippen LogP contribution in [-0.2, 0) is 0 Å². The summed E-state index contributed by atoms with van der Waals surface area (Å²) >= 11 is 5.26. The molecule has 0 saturated heterocycles. The number of halogens is 1. The number of nitrogens with zero attached hydrogens (tertiary/aromatic N) is 1. The van der Waals surface area contributed by atoms with Crippen LogP contribution in [0, 0.1) is 0 Å². The second-order valence-electron chi connectivity index (χ2n) is 3.85. The zero-order valence-electron chi connectivity index (χ0n) is 8.24. The number of rotatable bonds is 2. The topological polar surface area (TPSA) is 29.3 Å². The molecule has 78 valence electrons. The first-order valence-corrected chi connectivity index (χ1v) is 6.53. The number of anilines is 1. The quantitative estimate of drug-likeness (QED) is 0.899. The Morgan fingerprint density at radius 3 is 2.79 bits per heavy atom. The summed E-state index contributed by atoms with van der Waals surface area (Å²) in [7, 11) is 2.15. The van der Waals surface area contributed by atoms with E-state index in [-0.39, 0.29) is 0 Å². The third kappa shape index (κ3) is 1.97. The van der Waals surface area contributed by atoms with Gasteiger partial charge in [0.1, 0.15) is 0 Å². The summed E-state index contributed by atoms with van der Waals surface area (Å²) in [5.41, 5.74) is 6.08. The fourth-order valence-electron chi connectivity index (χ4n) is 2.11. The third-order valence-electron chi connectivity index (χ3n) is 2.94. The summed E-state index contributed by atoms with van der Waals surface area (Å²) in [6.45, 7) is 0. The van der Waals surface area contributed by atoms with Gasteiger partial charge in [-0.25, -0.2) is 0 Å². The van der Waals surface area contributed by atoms with Gasteiger partial charge in [0.2, 0.25) is 0 Å². The van der Waals surface area contributed by atoms with Gasteiger partial charge < -0.3 is 10.6 Å². The van der Waals surface area contributed by atoms with Crippen molar-refractivity contribution in [2.24, 2.45) is 5.73 Å². The smallest absolute Gasteiger partial charge is 0.0920 e. The van der Waals surface area contributed by atoms with Crippen molar-refractivity contribution in [2.45, 2.75) is 31.3 Å². The van der Waals surface area contributed by atoms with Gasteiger partial charge in [-0.1, -0.05) is 0 Å². The second-order valence-corrected chi connectivity index (χ2v) is 6.29. The van der Waals surface area contributed by atoms with Crippen LogP contribution in [0.15, 0.2) is 15.9 Å². The van der Waals surface area contributed by atoms with Crippen LogP contribution in [-0.4, -0.2) is 19.1 Å². The lowest BCUT2D eigenvalue weighted by atomic mass is 10.1. The van der Waals surface area contributed by atoms with E-state index in [2.05, 4.69) is 40.0 Å². The van der Waals surface area contributed by atoms with Gasteiger partial charge in [-0.15, -0.1) is 11.3 Å². The molecule has 0 spiro atoms. The van der Waals surface area contributed by atoms with E-state index in [0.29, 0.717) is 12.1 Å². The van der Waals surface area contributed by atoms with Crippen LogP contribution in [0.4, 0.5) is 5.00 Å². The van der Waals surface area contributed by atoms with E-state index in [9.17, 15) is 0 Å². The van der Waals surface area contributed by atoms with E-state index >= 15 is 0 Å². The average Bonchev–Trinajstić information content (AvgIpc) is 2.73. The highest BCUT2D eigenvalue weighted by Gasteiger charge is 2.28. The number of nitrogens with two attached hydrogens (primary N) is 1. The number of hydrogen-bond acceptors (Lipinski definition) is 3. The third-order valence-corrected chi connectivity index (χ3v) is 4.65. The van der Waals surface area contributed by atoms with Gasteiger partial charge in [0.25, 0.3) is 0 Å². The van der Waals surface area contributed by atoms with E-state index in [1.54, 1.807) is 11.3 Å². The molecule has 1 saturated carbocycles. The first-order valence-electron chi connectivity index (χ1n) is 4.92. The van der Waals surface area contributed by atoms with Gasteiger partial charge in [0.15, 0.2) is 0 Å². The van der Waals surface area contributed by atoms with E-state index in [1.165, 1.54) is 28.0 Å². The zero-order valence-corrected chi connectivity index (χ0v) is 10.6. The Hall–Kier alpha value is -0.0600. The Morgan fingerprint density at radius 1 is 1.50 bits per heavy atom. The van der Waals surface area contributed by atoms with Crippen molar-refractivity contribution in [3.8, 4) is 0 Å². The predicted molar refractivity (Wildman–Crippen MR) is 66.0 cm³/mol. The molecule has 1 fully saturated rings. The summed E-state index contributed by atoms with van der Waals surface area (Å²) in [6.07, 6.45) is 3.66. The largest absolute Gasteiger partial charge is 0.362 e. The molecule has 0 aromatic carbocycles. The normalized spacial score (nSPS) is 26.8. The molecule has 1 heterocycles. The van der Waals surface area contributed by atoms with Crippen LogP contribution in [0.5, 0.6) is 0 Å². The fraction of sp³-hybridized carbons (Fsp3) is 0.600. The Morgan fingerprint density at radius 2 is 2.29 bits per heavy atom. The first-order chi connectivity index (χ1) is 6.68. The average molecular weight is 275 g/mol. The van der Waals surface area contributed by atoms with Crippen LogP contribution in [0.3, 0.4) is 0 Å². The van der Waals surface area contributed by atoms with E-state index in [0.717, 1.165) is 0 Å². The van der Waals surface area contributed by atoms with Crippen LogP contribution < -0.4 is 10.6 Å². The van der Waals surface area contributed by atoms with Gasteiger partial charge in [-0.2, -0.15) is 0 Å². The minimum atomic E-state index is 0.348. The van der Waals surface area contributed by atoms with Crippen molar-refractivity contribution in [2.75, 3.05) is 11.9 Å². The standard InChI is InChI=1S/C10H15BrN2S/c1-13(8-4-2-3-7(8)12)10-6-5-9(11)14-10/h5-8H,2-4,12H2,1H3. The van der Waals surface area contributed by atoms with E-state index in [4.69, 9.17) is 5.73 Å². The molecule has 0 amide bonds. The highest BCUT2D eigenvalue weighted by molar-refractivity contribution is 9.11. The van der Waals surface area contributed by atoms with E-state index in [1.807, 2.05) is 0 Å².